The van der Waals surface area contributed by atoms with Crippen LogP contribution in [-0.2, 0) is 14.8 Å². The fourth-order valence-electron chi connectivity index (χ4n) is 6.04. The normalized spacial score (nSPS) is 21.7. The van der Waals surface area contributed by atoms with Gasteiger partial charge in [-0.05, 0) is 74.8 Å². The lowest BCUT2D eigenvalue weighted by molar-refractivity contribution is 0.0330. The van der Waals surface area contributed by atoms with Crippen LogP contribution in [0.1, 0.15) is 38.5 Å². The van der Waals surface area contributed by atoms with E-state index in [1.54, 1.807) is 10.7 Å². The molecular weight excluding hydrogens is 530 g/mol. The number of piperidine rings is 2. The number of nitrogens with zero attached hydrogens (tertiary/aromatic N) is 6. The predicted molar refractivity (Wildman–Crippen MR) is 154 cm³/mol. The zero-order chi connectivity index (χ0) is 27.5. The second kappa shape index (κ2) is 11.7. The molecule has 0 aliphatic carbocycles. The van der Waals surface area contributed by atoms with Gasteiger partial charge in [0.1, 0.15) is 11.5 Å². The Morgan fingerprint density at radius 1 is 1.00 bits per heavy atom. The maximum absolute atomic E-state index is 12.4. The molecule has 2 saturated heterocycles. The molecule has 214 valence electrons. The summed E-state index contributed by atoms with van der Waals surface area (Å²) in [5.74, 6) is 1.26. The predicted octanol–water partition coefficient (Wildman–Crippen LogP) is 3.06. The Hall–Kier alpha value is -3.22. The molecule has 1 unspecified atom stereocenters. The number of ether oxygens (including phenoxy) is 1. The summed E-state index contributed by atoms with van der Waals surface area (Å²) in [6, 6.07) is 9.48. The quantitative estimate of drug-likeness (QED) is 0.489. The van der Waals surface area contributed by atoms with Crippen LogP contribution in [0.3, 0.4) is 0 Å². The van der Waals surface area contributed by atoms with Crippen molar-refractivity contribution in [3.8, 4) is 16.9 Å². The van der Waals surface area contributed by atoms with Crippen LogP contribution in [0.4, 0.5) is 17.2 Å². The van der Waals surface area contributed by atoms with E-state index in [9.17, 15) is 8.42 Å². The van der Waals surface area contributed by atoms with Crippen molar-refractivity contribution < 1.29 is 18.3 Å². The third-order valence-corrected chi connectivity index (χ3v) is 9.39. The maximum atomic E-state index is 12.4. The second-order valence-corrected chi connectivity index (χ2v) is 12.8. The first-order chi connectivity index (χ1) is 19.5. The fraction of sp³-hybridized carbons (Fsp3) is 0.536. The van der Waals surface area contributed by atoms with Gasteiger partial charge in [0.25, 0.3) is 0 Å². The van der Waals surface area contributed by atoms with Gasteiger partial charge in [0.05, 0.1) is 41.7 Å². The van der Waals surface area contributed by atoms with Gasteiger partial charge in [0, 0.05) is 44.5 Å². The minimum Gasteiger partial charge on any atom is -0.395 e. The molecule has 12 heteroatoms. The van der Waals surface area contributed by atoms with E-state index in [0.29, 0.717) is 11.6 Å². The molecule has 1 atom stereocenters. The van der Waals surface area contributed by atoms with E-state index in [1.807, 2.05) is 30.6 Å². The van der Waals surface area contributed by atoms with Crippen LogP contribution in [0.15, 0.2) is 42.7 Å². The highest BCUT2D eigenvalue weighted by Crippen LogP contribution is 2.33. The van der Waals surface area contributed by atoms with Crippen LogP contribution < -0.4 is 14.5 Å². The highest BCUT2D eigenvalue weighted by Gasteiger charge is 2.25. The third-order valence-electron chi connectivity index (χ3n) is 8.13. The summed E-state index contributed by atoms with van der Waals surface area (Å²) in [6.45, 7) is 3.94. The standard InChI is InChI=1S/C28H37N7O4S/c36-14-16-40(37,38)31-23-5-6-26-27(18-23)33-12-8-24(9-13-33)39-15-2-4-21-3-1-11-34(19-21)28-17-22(7-10-29-28)25-20-35(26)32-30-25/h5-7,10,17-18,20-21,24,31,36H,1-4,8-9,11-16,19H2. The van der Waals surface area contributed by atoms with Gasteiger partial charge in [-0.2, -0.15) is 0 Å². The molecule has 0 amide bonds. The summed E-state index contributed by atoms with van der Waals surface area (Å²) in [7, 11) is -3.65. The monoisotopic (exact) mass is 567 g/mol. The number of benzene rings is 1. The molecule has 40 heavy (non-hydrogen) atoms. The maximum Gasteiger partial charge on any atom is 0.234 e. The SMILES string of the molecule is O=S(=O)(CCO)Nc1ccc2c(c1)N1CCC(CC1)OCCCC1CCCN(C1)c1cc(ccn1)-c1cn-2nn1. The Morgan fingerprint density at radius 2 is 1.85 bits per heavy atom. The van der Waals surface area contributed by atoms with Crippen molar-refractivity contribution in [2.75, 3.05) is 59.7 Å². The fourth-order valence-corrected chi connectivity index (χ4v) is 6.87. The van der Waals surface area contributed by atoms with E-state index in [4.69, 9.17) is 9.84 Å². The van der Waals surface area contributed by atoms with Crippen LogP contribution in [0, 0.1) is 5.92 Å². The Balaban J connectivity index is 1.37. The van der Waals surface area contributed by atoms with E-state index < -0.39 is 16.6 Å². The van der Waals surface area contributed by atoms with E-state index in [-0.39, 0.29) is 11.9 Å². The van der Waals surface area contributed by atoms with Crippen molar-refractivity contribution >= 4 is 27.2 Å². The highest BCUT2D eigenvalue weighted by atomic mass is 32.2. The first-order valence-electron chi connectivity index (χ1n) is 14.2. The number of hydrogen-bond acceptors (Lipinski definition) is 9. The van der Waals surface area contributed by atoms with Crippen LogP contribution in [-0.4, -0.2) is 84.8 Å². The average molecular weight is 568 g/mol. The second-order valence-electron chi connectivity index (χ2n) is 11.0. The molecule has 2 N–H and O–H groups in total. The van der Waals surface area contributed by atoms with Crippen molar-refractivity contribution in [3.63, 3.8) is 0 Å². The number of aromatic nitrogens is 4. The van der Waals surface area contributed by atoms with Gasteiger partial charge in [-0.25, -0.2) is 18.1 Å². The molecule has 4 aliphatic rings. The molecule has 11 nitrogen and oxygen atoms in total. The van der Waals surface area contributed by atoms with E-state index in [2.05, 4.69) is 35.9 Å². The first kappa shape index (κ1) is 27.0. The van der Waals surface area contributed by atoms with Crippen molar-refractivity contribution in [2.45, 2.75) is 44.6 Å². The van der Waals surface area contributed by atoms with E-state index in [0.717, 1.165) is 86.9 Å². The topological polar surface area (TPSA) is 126 Å². The Labute approximate surface area is 235 Å². The summed E-state index contributed by atoms with van der Waals surface area (Å²) in [6.07, 6.45) is 10.4. The molecule has 0 radical (unpaired) electrons. The van der Waals surface area contributed by atoms with Crippen molar-refractivity contribution in [1.82, 2.24) is 20.0 Å². The van der Waals surface area contributed by atoms with Crippen LogP contribution in [0.5, 0.6) is 0 Å². The Bertz CT molecular complexity index is 1420. The molecule has 4 aliphatic heterocycles. The Morgan fingerprint density at radius 3 is 2.70 bits per heavy atom. The number of aliphatic hydroxyl groups excluding tert-OH is 1. The number of pyridine rings is 1. The van der Waals surface area contributed by atoms with Gasteiger partial charge >= 0.3 is 0 Å². The molecule has 8 bridgehead atoms. The Kier molecular flexibility index (Phi) is 7.90. The van der Waals surface area contributed by atoms with Crippen molar-refractivity contribution in [2.24, 2.45) is 5.92 Å². The zero-order valence-electron chi connectivity index (χ0n) is 22.7. The number of rotatable bonds is 4. The van der Waals surface area contributed by atoms with Gasteiger partial charge in [0.2, 0.25) is 10.0 Å². The summed E-state index contributed by atoms with van der Waals surface area (Å²) in [5.41, 5.74) is 3.84. The number of hydrogen-bond donors (Lipinski definition) is 2. The number of sulfonamides is 1. The zero-order valence-corrected chi connectivity index (χ0v) is 23.5. The number of anilines is 3. The van der Waals surface area contributed by atoms with E-state index in [1.165, 1.54) is 12.8 Å². The lowest BCUT2D eigenvalue weighted by Crippen LogP contribution is -2.38. The molecule has 2 fully saturated rings. The molecule has 3 aromatic rings. The smallest absolute Gasteiger partial charge is 0.234 e. The first-order valence-corrected chi connectivity index (χ1v) is 15.9. The van der Waals surface area contributed by atoms with Crippen molar-refractivity contribution in [3.05, 3.63) is 42.7 Å². The third kappa shape index (κ3) is 6.08. The van der Waals surface area contributed by atoms with Gasteiger partial charge in [-0.15, -0.1) is 5.10 Å². The molecule has 7 rings (SSSR count). The molecule has 1 aromatic carbocycles. The average Bonchev–Trinajstić information content (AvgIpc) is 3.46. The summed E-state index contributed by atoms with van der Waals surface area (Å²) in [5, 5.41) is 18.1. The van der Waals surface area contributed by atoms with Crippen LogP contribution in [0.25, 0.3) is 16.9 Å². The van der Waals surface area contributed by atoms with Crippen LogP contribution in [0.2, 0.25) is 0 Å². The molecular formula is C28H37N7O4S. The number of nitrogens with one attached hydrogen (secondary N) is 1. The lowest BCUT2D eigenvalue weighted by Gasteiger charge is -2.35. The molecule has 6 heterocycles. The van der Waals surface area contributed by atoms with Gasteiger partial charge in [-0.1, -0.05) is 5.21 Å². The highest BCUT2D eigenvalue weighted by molar-refractivity contribution is 7.92. The largest absolute Gasteiger partial charge is 0.395 e. The summed E-state index contributed by atoms with van der Waals surface area (Å²) < 4.78 is 35.4. The van der Waals surface area contributed by atoms with E-state index >= 15 is 0 Å². The number of fused-ring (bicyclic) bond motifs is 5. The van der Waals surface area contributed by atoms with Gasteiger partial charge < -0.3 is 19.6 Å². The van der Waals surface area contributed by atoms with Gasteiger partial charge in [-0.3, -0.25) is 4.72 Å². The van der Waals surface area contributed by atoms with Gasteiger partial charge in [0.15, 0.2) is 0 Å². The summed E-state index contributed by atoms with van der Waals surface area (Å²) >= 11 is 0. The molecule has 2 aromatic heterocycles. The van der Waals surface area contributed by atoms with Crippen LogP contribution >= 0.6 is 0 Å². The lowest BCUT2D eigenvalue weighted by atomic mass is 9.93. The minimum absolute atomic E-state index is 0.222. The summed E-state index contributed by atoms with van der Waals surface area (Å²) in [4.78, 5) is 9.33. The molecule has 0 saturated carbocycles. The minimum atomic E-state index is -3.65. The molecule has 0 spiro atoms. The number of aliphatic hydroxyl groups is 1. The van der Waals surface area contributed by atoms with Crippen molar-refractivity contribution in [1.29, 1.82) is 0 Å².